The van der Waals surface area contributed by atoms with E-state index >= 15 is 0 Å². The average molecular weight is 283 g/mol. The molecule has 2 heterocycles. The number of hydrogen-bond donors (Lipinski definition) is 1. The molecule has 114 valence electrons. The quantitative estimate of drug-likeness (QED) is 0.766. The van der Waals surface area contributed by atoms with Gasteiger partial charge >= 0.3 is 0 Å². The van der Waals surface area contributed by atoms with Crippen molar-refractivity contribution in [1.29, 1.82) is 0 Å². The van der Waals surface area contributed by atoms with Crippen LogP contribution in [0.4, 0.5) is 0 Å². The fraction of sp³-hybridized carbons (Fsp3) is 0.857. The van der Waals surface area contributed by atoms with Gasteiger partial charge in [0.05, 0.1) is 12.6 Å². The molecule has 1 aliphatic heterocycles. The lowest BCUT2D eigenvalue weighted by molar-refractivity contribution is -0.000657. The van der Waals surface area contributed by atoms with Crippen LogP contribution >= 0.6 is 0 Å². The summed E-state index contributed by atoms with van der Waals surface area (Å²) in [5.74, 6) is 1.69. The number of nitrogens with zero attached hydrogens (tertiary/aromatic N) is 3. The Kier molecular flexibility index (Phi) is 5.94. The van der Waals surface area contributed by atoms with Gasteiger partial charge in [0, 0.05) is 32.2 Å². The zero-order valence-electron chi connectivity index (χ0n) is 12.4. The van der Waals surface area contributed by atoms with Crippen molar-refractivity contribution in [3.8, 4) is 0 Å². The second-order valence-corrected chi connectivity index (χ2v) is 5.61. The number of ether oxygens (including phenoxy) is 1. The number of aliphatic hydroxyl groups excluding tert-OH is 1. The van der Waals surface area contributed by atoms with Crippen LogP contribution in [0, 0.1) is 0 Å². The fourth-order valence-corrected chi connectivity index (χ4v) is 2.30. The largest absolute Gasteiger partial charge is 0.424 e. The van der Waals surface area contributed by atoms with Crippen LogP contribution in [-0.2, 0) is 11.3 Å². The lowest BCUT2D eigenvalue weighted by Gasteiger charge is -2.30. The third kappa shape index (κ3) is 4.54. The summed E-state index contributed by atoms with van der Waals surface area (Å²) in [5.41, 5.74) is 0. The van der Waals surface area contributed by atoms with Gasteiger partial charge in [0.25, 0.3) is 0 Å². The molecule has 6 nitrogen and oxygen atoms in total. The average Bonchev–Trinajstić information content (AvgIpc) is 2.90. The van der Waals surface area contributed by atoms with Crippen LogP contribution in [0.25, 0.3) is 0 Å². The number of aliphatic hydroxyl groups is 1. The molecule has 1 fully saturated rings. The van der Waals surface area contributed by atoms with Crippen molar-refractivity contribution in [2.24, 2.45) is 0 Å². The third-order valence-electron chi connectivity index (χ3n) is 3.53. The Bertz CT molecular complexity index is 387. The van der Waals surface area contributed by atoms with E-state index in [-0.39, 0.29) is 12.5 Å². The SMILES string of the molecule is CC(C)c1nnc(CN2CCC(OCCCO)CC2)o1. The molecule has 0 atom stereocenters. The number of aromatic nitrogens is 2. The lowest BCUT2D eigenvalue weighted by atomic mass is 10.1. The Hall–Kier alpha value is -0.980. The minimum Gasteiger partial charge on any atom is -0.424 e. The predicted octanol–water partition coefficient (Wildman–Crippen LogP) is 1.56. The molecule has 1 aromatic rings. The van der Waals surface area contributed by atoms with Gasteiger partial charge in [0.15, 0.2) is 0 Å². The van der Waals surface area contributed by atoms with Gasteiger partial charge in [-0.05, 0) is 19.3 Å². The normalized spacial score (nSPS) is 18.0. The van der Waals surface area contributed by atoms with Crippen molar-refractivity contribution in [3.05, 3.63) is 11.8 Å². The summed E-state index contributed by atoms with van der Waals surface area (Å²) in [6, 6.07) is 0. The molecule has 0 radical (unpaired) electrons. The summed E-state index contributed by atoms with van der Waals surface area (Å²) in [6.07, 6.45) is 3.10. The van der Waals surface area contributed by atoms with Crippen LogP contribution < -0.4 is 0 Å². The molecule has 0 amide bonds. The highest BCUT2D eigenvalue weighted by molar-refractivity contribution is 4.88. The Balaban J connectivity index is 1.71. The van der Waals surface area contributed by atoms with Crippen LogP contribution in [0.5, 0.6) is 0 Å². The molecule has 2 rings (SSSR count). The maximum absolute atomic E-state index is 8.73. The first-order valence-electron chi connectivity index (χ1n) is 7.46. The van der Waals surface area contributed by atoms with Crippen molar-refractivity contribution >= 4 is 0 Å². The highest BCUT2D eigenvalue weighted by atomic mass is 16.5. The van der Waals surface area contributed by atoms with Crippen molar-refractivity contribution < 1.29 is 14.3 Å². The summed E-state index contributed by atoms with van der Waals surface area (Å²) < 4.78 is 11.4. The Labute approximate surface area is 120 Å². The molecule has 0 unspecified atom stereocenters. The molecular formula is C14H25N3O3. The van der Waals surface area contributed by atoms with Crippen LogP contribution in [-0.4, -0.2) is 52.6 Å². The van der Waals surface area contributed by atoms with E-state index in [1.807, 2.05) is 13.8 Å². The van der Waals surface area contributed by atoms with Gasteiger partial charge in [-0.2, -0.15) is 0 Å². The van der Waals surface area contributed by atoms with E-state index in [9.17, 15) is 0 Å². The molecule has 0 bridgehead atoms. The van der Waals surface area contributed by atoms with Crippen LogP contribution in [0.2, 0.25) is 0 Å². The zero-order chi connectivity index (χ0) is 14.4. The molecule has 1 saturated heterocycles. The second-order valence-electron chi connectivity index (χ2n) is 5.61. The Morgan fingerprint density at radius 2 is 2.10 bits per heavy atom. The minimum atomic E-state index is 0.203. The van der Waals surface area contributed by atoms with Crippen molar-refractivity contribution in [3.63, 3.8) is 0 Å². The van der Waals surface area contributed by atoms with E-state index in [2.05, 4.69) is 15.1 Å². The van der Waals surface area contributed by atoms with E-state index in [4.69, 9.17) is 14.3 Å². The number of piperidine rings is 1. The second kappa shape index (κ2) is 7.71. The van der Waals surface area contributed by atoms with Gasteiger partial charge in [-0.3, -0.25) is 4.90 Å². The van der Waals surface area contributed by atoms with Gasteiger partial charge in [-0.1, -0.05) is 13.8 Å². The van der Waals surface area contributed by atoms with E-state index in [0.29, 0.717) is 24.5 Å². The number of hydrogen-bond acceptors (Lipinski definition) is 6. The smallest absolute Gasteiger partial charge is 0.230 e. The van der Waals surface area contributed by atoms with E-state index in [1.54, 1.807) is 0 Å². The van der Waals surface area contributed by atoms with E-state index < -0.39 is 0 Å². The van der Waals surface area contributed by atoms with Gasteiger partial charge in [0.1, 0.15) is 0 Å². The van der Waals surface area contributed by atoms with Gasteiger partial charge in [-0.25, -0.2) is 0 Å². The summed E-state index contributed by atoms with van der Waals surface area (Å²) in [6.45, 7) is 7.66. The molecular weight excluding hydrogens is 258 g/mol. The standard InChI is InChI=1S/C14H25N3O3/c1-11(2)14-16-15-13(20-14)10-17-6-4-12(5-7-17)19-9-3-8-18/h11-12,18H,3-10H2,1-2H3. The van der Waals surface area contributed by atoms with Gasteiger partial charge in [0.2, 0.25) is 11.8 Å². The lowest BCUT2D eigenvalue weighted by Crippen LogP contribution is -2.36. The topological polar surface area (TPSA) is 71.6 Å². The molecule has 1 N–H and O–H groups in total. The van der Waals surface area contributed by atoms with Crippen molar-refractivity contribution in [2.45, 2.75) is 51.7 Å². The summed E-state index contributed by atoms with van der Waals surface area (Å²) >= 11 is 0. The first-order valence-corrected chi connectivity index (χ1v) is 7.46. The van der Waals surface area contributed by atoms with Crippen LogP contribution in [0.1, 0.15) is 50.8 Å². The first kappa shape index (κ1) is 15.4. The van der Waals surface area contributed by atoms with E-state index in [0.717, 1.165) is 38.9 Å². The predicted molar refractivity (Wildman–Crippen MR) is 74.3 cm³/mol. The fourth-order valence-electron chi connectivity index (χ4n) is 2.30. The summed E-state index contributed by atoms with van der Waals surface area (Å²) in [7, 11) is 0. The third-order valence-corrected chi connectivity index (χ3v) is 3.53. The highest BCUT2D eigenvalue weighted by Crippen LogP contribution is 2.17. The summed E-state index contributed by atoms with van der Waals surface area (Å²) in [5, 5.41) is 16.9. The molecule has 6 heteroatoms. The van der Waals surface area contributed by atoms with Crippen molar-refractivity contribution in [2.75, 3.05) is 26.3 Å². The monoisotopic (exact) mass is 283 g/mol. The van der Waals surface area contributed by atoms with E-state index in [1.165, 1.54) is 0 Å². The first-order chi connectivity index (χ1) is 9.69. The Morgan fingerprint density at radius 3 is 2.70 bits per heavy atom. The zero-order valence-corrected chi connectivity index (χ0v) is 12.4. The van der Waals surface area contributed by atoms with Crippen molar-refractivity contribution in [1.82, 2.24) is 15.1 Å². The van der Waals surface area contributed by atoms with Gasteiger partial charge < -0.3 is 14.3 Å². The summed E-state index contributed by atoms with van der Waals surface area (Å²) in [4.78, 5) is 2.32. The maximum Gasteiger partial charge on any atom is 0.230 e. The number of likely N-dealkylation sites (tertiary alicyclic amines) is 1. The molecule has 20 heavy (non-hydrogen) atoms. The number of rotatable bonds is 7. The molecule has 0 spiro atoms. The van der Waals surface area contributed by atoms with Crippen LogP contribution in [0.3, 0.4) is 0 Å². The molecule has 1 aliphatic rings. The minimum absolute atomic E-state index is 0.203. The molecule has 0 aliphatic carbocycles. The molecule has 0 saturated carbocycles. The van der Waals surface area contributed by atoms with Gasteiger partial charge in [-0.15, -0.1) is 10.2 Å². The maximum atomic E-state index is 8.73. The molecule has 1 aromatic heterocycles. The van der Waals surface area contributed by atoms with Crippen LogP contribution in [0.15, 0.2) is 4.42 Å². The highest BCUT2D eigenvalue weighted by Gasteiger charge is 2.21. The Morgan fingerprint density at radius 1 is 1.35 bits per heavy atom. The molecule has 0 aromatic carbocycles.